The molecule has 20 heavy (non-hydrogen) atoms. The Morgan fingerprint density at radius 2 is 2.00 bits per heavy atom. The lowest BCUT2D eigenvalue weighted by atomic mass is 10.0. The summed E-state index contributed by atoms with van der Waals surface area (Å²) in [7, 11) is 0. The van der Waals surface area contributed by atoms with Gasteiger partial charge in [0.2, 0.25) is 0 Å². The standard InChI is InChI=1S/C16H16ClFO2/c1-2-20-16-6-4-3-5-13(16)15(19)10-11-9-12(18)7-8-14(11)17/h3-9,15,19H,2,10H2,1H3. The molecule has 2 aromatic rings. The van der Waals surface area contributed by atoms with Crippen molar-refractivity contribution in [3.8, 4) is 5.75 Å². The molecular formula is C16H16ClFO2. The van der Waals surface area contributed by atoms with Crippen molar-refractivity contribution >= 4 is 11.6 Å². The molecule has 0 fully saturated rings. The van der Waals surface area contributed by atoms with E-state index in [1.165, 1.54) is 18.2 Å². The number of ether oxygens (including phenoxy) is 1. The zero-order valence-electron chi connectivity index (χ0n) is 11.1. The molecule has 106 valence electrons. The average molecular weight is 295 g/mol. The van der Waals surface area contributed by atoms with Crippen molar-refractivity contribution in [1.29, 1.82) is 0 Å². The summed E-state index contributed by atoms with van der Waals surface area (Å²) in [6.07, 6.45) is -0.558. The van der Waals surface area contributed by atoms with Gasteiger partial charge in [-0.15, -0.1) is 0 Å². The van der Waals surface area contributed by atoms with Gasteiger partial charge in [-0.2, -0.15) is 0 Å². The molecule has 2 rings (SSSR count). The minimum Gasteiger partial charge on any atom is -0.493 e. The van der Waals surface area contributed by atoms with Crippen LogP contribution in [-0.2, 0) is 6.42 Å². The molecule has 0 heterocycles. The van der Waals surface area contributed by atoms with E-state index in [4.69, 9.17) is 16.3 Å². The van der Waals surface area contributed by atoms with Crippen molar-refractivity contribution in [3.63, 3.8) is 0 Å². The zero-order chi connectivity index (χ0) is 14.5. The highest BCUT2D eigenvalue weighted by Crippen LogP contribution is 2.29. The minimum absolute atomic E-state index is 0.237. The average Bonchev–Trinajstić information content (AvgIpc) is 2.44. The predicted octanol–water partition coefficient (Wildman–Crippen LogP) is 4.15. The molecule has 0 aromatic heterocycles. The van der Waals surface area contributed by atoms with E-state index in [2.05, 4.69) is 0 Å². The number of rotatable bonds is 5. The Labute approximate surface area is 122 Å². The fourth-order valence-electron chi connectivity index (χ4n) is 2.06. The van der Waals surface area contributed by atoms with Crippen LogP contribution in [0.2, 0.25) is 5.02 Å². The smallest absolute Gasteiger partial charge is 0.125 e. The van der Waals surface area contributed by atoms with E-state index in [0.29, 0.717) is 28.5 Å². The van der Waals surface area contributed by atoms with Crippen molar-refractivity contribution in [2.45, 2.75) is 19.4 Å². The first-order chi connectivity index (χ1) is 9.61. The van der Waals surface area contributed by atoms with Gasteiger partial charge >= 0.3 is 0 Å². The predicted molar refractivity (Wildman–Crippen MR) is 77.7 cm³/mol. The molecule has 4 heteroatoms. The van der Waals surface area contributed by atoms with Crippen LogP contribution in [0.1, 0.15) is 24.2 Å². The third-order valence-corrected chi connectivity index (χ3v) is 3.37. The molecule has 0 aliphatic carbocycles. The number of aliphatic hydroxyl groups is 1. The highest BCUT2D eigenvalue weighted by molar-refractivity contribution is 6.31. The Morgan fingerprint density at radius 1 is 1.25 bits per heavy atom. The molecule has 0 radical (unpaired) electrons. The van der Waals surface area contributed by atoms with Gasteiger partial charge in [0.25, 0.3) is 0 Å². The van der Waals surface area contributed by atoms with E-state index in [-0.39, 0.29) is 12.2 Å². The van der Waals surface area contributed by atoms with Crippen molar-refractivity contribution in [3.05, 3.63) is 64.4 Å². The summed E-state index contributed by atoms with van der Waals surface area (Å²) in [6.45, 7) is 2.40. The monoisotopic (exact) mass is 294 g/mol. The van der Waals surface area contributed by atoms with E-state index in [9.17, 15) is 9.50 Å². The number of benzene rings is 2. The SMILES string of the molecule is CCOc1ccccc1C(O)Cc1cc(F)ccc1Cl. The Hall–Kier alpha value is -1.58. The van der Waals surface area contributed by atoms with Gasteiger partial charge in [-0.3, -0.25) is 0 Å². The summed E-state index contributed by atoms with van der Waals surface area (Å²) in [6, 6.07) is 11.4. The maximum Gasteiger partial charge on any atom is 0.125 e. The molecule has 0 spiro atoms. The quantitative estimate of drug-likeness (QED) is 0.897. The highest BCUT2D eigenvalue weighted by atomic mass is 35.5. The first-order valence-corrected chi connectivity index (χ1v) is 6.83. The minimum atomic E-state index is -0.794. The second-order valence-corrected chi connectivity index (χ2v) is 4.83. The van der Waals surface area contributed by atoms with Gasteiger partial charge in [-0.05, 0) is 36.8 Å². The Morgan fingerprint density at radius 3 is 2.75 bits per heavy atom. The maximum absolute atomic E-state index is 13.2. The summed E-state index contributed by atoms with van der Waals surface area (Å²) in [5, 5.41) is 10.8. The largest absolute Gasteiger partial charge is 0.493 e. The molecule has 0 bridgehead atoms. The summed E-state index contributed by atoms with van der Waals surface area (Å²) in [5.41, 5.74) is 1.25. The molecule has 0 saturated heterocycles. The topological polar surface area (TPSA) is 29.5 Å². The lowest BCUT2D eigenvalue weighted by molar-refractivity contribution is 0.172. The van der Waals surface area contributed by atoms with Crippen LogP contribution in [0.4, 0.5) is 4.39 Å². The molecule has 1 atom stereocenters. The van der Waals surface area contributed by atoms with Crippen LogP contribution in [0.5, 0.6) is 5.75 Å². The summed E-state index contributed by atoms with van der Waals surface area (Å²) in [5.74, 6) is 0.268. The molecule has 1 unspecified atom stereocenters. The summed E-state index contributed by atoms with van der Waals surface area (Å²) in [4.78, 5) is 0. The molecule has 0 saturated carbocycles. The molecule has 1 N–H and O–H groups in total. The van der Waals surface area contributed by atoms with Gasteiger partial charge in [-0.1, -0.05) is 29.8 Å². The molecule has 2 nitrogen and oxygen atoms in total. The fourth-order valence-corrected chi connectivity index (χ4v) is 2.26. The maximum atomic E-state index is 13.2. The van der Waals surface area contributed by atoms with Crippen LogP contribution in [0.3, 0.4) is 0 Å². The van der Waals surface area contributed by atoms with Crippen LogP contribution in [0.25, 0.3) is 0 Å². The van der Waals surface area contributed by atoms with E-state index in [1.807, 2.05) is 19.1 Å². The Kier molecular flexibility index (Phi) is 4.99. The molecule has 0 aliphatic rings. The van der Waals surface area contributed by atoms with Crippen LogP contribution >= 0.6 is 11.6 Å². The zero-order valence-corrected chi connectivity index (χ0v) is 11.9. The van der Waals surface area contributed by atoms with Gasteiger partial charge in [0.05, 0.1) is 12.7 Å². The van der Waals surface area contributed by atoms with Crippen molar-refractivity contribution in [2.24, 2.45) is 0 Å². The Bertz CT molecular complexity index is 586. The van der Waals surface area contributed by atoms with Crippen molar-refractivity contribution < 1.29 is 14.2 Å². The summed E-state index contributed by atoms with van der Waals surface area (Å²) < 4.78 is 18.7. The van der Waals surface area contributed by atoms with E-state index in [1.54, 1.807) is 12.1 Å². The number of para-hydroxylation sites is 1. The molecule has 2 aromatic carbocycles. The normalized spacial score (nSPS) is 12.2. The summed E-state index contributed by atoms with van der Waals surface area (Å²) >= 11 is 6.02. The lowest BCUT2D eigenvalue weighted by Gasteiger charge is -2.16. The number of halogens is 2. The van der Waals surface area contributed by atoms with Gasteiger partial charge in [0.1, 0.15) is 11.6 Å². The van der Waals surface area contributed by atoms with Gasteiger partial charge in [0.15, 0.2) is 0 Å². The van der Waals surface area contributed by atoms with Crippen LogP contribution in [0, 0.1) is 5.82 Å². The number of aliphatic hydroxyl groups excluding tert-OH is 1. The van der Waals surface area contributed by atoms with Crippen LogP contribution in [-0.4, -0.2) is 11.7 Å². The first-order valence-electron chi connectivity index (χ1n) is 6.45. The van der Waals surface area contributed by atoms with Gasteiger partial charge < -0.3 is 9.84 Å². The van der Waals surface area contributed by atoms with Crippen molar-refractivity contribution in [2.75, 3.05) is 6.61 Å². The second-order valence-electron chi connectivity index (χ2n) is 4.43. The van der Waals surface area contributed by atoms with Crippen LogP contribution in [0.15, 0.2) is 42.5 Å². The number of hydrogen-bond donors (Lipinski definition) is 1. The van der Waals surface area contributed by atoms with Gasteiger partial charge in [0, 0.05) is 17.0 Å². The molecule has 0 amide bonds. The van der Waals surface area contributed by atoms with Crippen molar-refractivity contribution in [1.82, 2.24) is 0 Å². The van der Waals surface area contributed by atoms with E-state index >= 15 is 0 Å². The molecule has 0 aliphatic heterocycles. The van der Waals surface area contributed by atoms with E-state index < -0.39 is 6.10 Å². The first kappa shape index (κ1) is 14.8. The highest BCUT2D eigenvalue weighted by Gasteiger charge is 2.15. The third kappa shape index (κ3) is 3.50. The van der Waals surface area contributed by atoms with Gasteiger partial charge in [-0.25, -0.2) is 4.39 Å². The van der Waals surface area contributed by atoms with Crippen LogP contribution < -0.4 is 4.74 Å². The number of hydrogen-bond acceptors (Lipinski definition) is 2. The fraction of sp³-hybridized carbons (Fsp3) is 0.250. The lowest BCUT2D eigenvalue weighted by Crippen LogP contribution is -2.06. The molecular weight excluding hydrogens is 279 g/mol. The second kappa shape index (κ2) is 6.73. The third-order valence-electron chi connectivity index (χ3n) is 3.00. The Balaban J connectivity index is 2.23. The van der Waals surface area contributed by atoms with E-state index in [0.717, 1.165) is 0 Å².